The molecule has 156 valence electrons. The number of ether oxygens (including phenoxy) is 1. The van der Waals surface area contributed by atoms with Crippen molar-refractivity contribution in [3.63, 3.8) is 0 Å². The molecule has 2 atom stereocenters. The van der Waals surface area contributed by atoms with Crippen LogP contribution >= 0.6 is 0 Å². The molecule has 0 saturated heterocycles. The molecule has 0 bridgehead atoms. The number of Topliss-reactive ketones (excluding diaryl/α,β-unsaturated/α-hetero) is 1. The van der Waals surface area contributed by atoms with Gasteiger partial charge in [0.15, 0.2) is 5.78 Å². The lowest BCUT2D eigenvalue weighted by atomic mass is 9.86. The summed E-state index contributed by atoms with van der Waals surface area (Å²) in [6.07, 6.45) is 4.26. The van der Waals surface area contributed by atoms with Gasteiger partial charge in [0.05, 0.1) is 6.61 Å². The first-order valence-electron chi connectivity index (χ1n) is 10.7. The van der Waals surface area contributed by atoms with Gasteiger partial charge in [0, 0.05) is 5.56 Å². The molecule has 0 amide bonds. The Morgan fingerprint density at radius 2 is 1.59 bits per heavy atom. The number of carbonyl (C=O) groups excluding carboxylic acids is 2. The Bertz CT molecular complexity index is 800. The Balaban J connectivity index is 2.31. The highest BCUT2D eigenvalue weighted by Gasteiger charge is 2.33. The highest BCUT2D eigenvalue weighted by Crippen LogP contribution is 2.27. The van der Waals surface area contributed by atoms with Crippen LogP contribution < -0.4 is 0 Å². The van der Waals surface area contributed by atoms with Crippen molar-refractivity contribution in [3.8, 4) is 0 Å². The smallest absolute Gasteiger partial charge is 0.321 e. The lowest BCUT2D eigenvalue weighted by Crippen LogP contribution is -2.27. The van der Waals surface area contributed by atoms with Crippen LogP contribution in [0.3, 0.4) is 0 Å². The van der Waals surface area contributed by atoms with Gasteiger partial charge >= 0.3 is 5.97 Å². The first kappa shape index (κ1) is 22.9. The molecule has 0 aromatic heterocycles. The Morgan fingerprint density at radius 3 is 2.14 bits per heavy atom. The number of aryl methyl sites for hydroxylation is 3. The molecule has 0 fully saturated rings. The summed E-state index contributed by atoms with van der Waals surface area (Å²) in [4.78, 5) is 26.6. The number of hydrogen-bond donors (Lipinski definition) is 0. The summed E-state index contributed by atoms with van der Waals surface area (Å²) in [5.74, 6) is -1.22. The molecule has 0 N–H and O–H groups in total. The van der Waals surface area contributed by atoms with Gasteiger partial charge in [0.2, 0.25) is 0 Å². The normalized spacial score (nSPS) is 13.0. The van der Waals surface area contributed by atoms with Gasteiger partial charge in [-0.15, -0.1) is 0 Å². The number of rotatable bonds is 10. The molecule has 2 aromatic rings. The maximum Gasteiger partial charge on any atom is 0.321 e. The van der Waals surface area contributed by atoms with E-state index < -0.39 is 11.9 Å². The van der Waals surface area contributed by atoms with E-state index >= 15 is 0 Å². The summed E-state index contributed by atoms with van der Waals surface area (Å²) >= 11 is 0. The van der Waals surface area contributed by atoms with E-state index in [1.54, 1.807) is 0 Å². The van der Waals surface area contributed by atoms with Gasteiger partial charge in [-0.05, 0) is 49.8 Å². The lowest BCUT2D eigenvalue weighted by Gasteiger charge is -2.20. The van der Waals surface area contributed by atoms with Crippen molar-refractivity contribution in [3.05, 3.63) is 70.3 Å². The van der Waals surface area contributed by atoms with Crippen LogP contribution in [0.15, 0.2) is 42.5 Å². The monoisotopic (exact) mass is 394 g/mol. The van der Waals surface area contributed by atoms with Crippen molar-refractivity contribution in [2.24, 2.45) is 5.92 Å². The number of ketones is 1. The predicted octanol–water partition coefficient (Wildman–Crippen LogP) is 6.34. The summed E-state index contributed by atoms with van der Waals surface area (Å²) in [5.41, 5.74) is 4.21. The minimum atomic E-state index is -0.931. The summed E-state index contributed by atoms with van der Waals surface area (Å²) in [7, 11) is 0. The van der Waals surface area contributed by atoms with Gasteiger partial charge in [-0.25, -0.2) is 0 Å². The molecule has 3 nitrogen and oxygen atoms in total. The summed E-state index contributed by atoms with van der Waals surface area (Å²) in [5, 5.41) is 0. The van der Waals surface area contributed by atoms with E-state index in [2.05, 4.69) is 13.8 Å². The first-order chi connectivity index (χ1) is 13.9. The van der Waals surface area contributed by atoms with E-state index in [1.165, 1.54) is 0 Å². The molecule has 0 aliphatic carbocycles. The van der Waals surface area contributed by atoms with E-state index in [0.29, 0.717) is 23.7 Å². The van der Waals surface area contributed by atoms with Gasteiger partial charge in [0.25, 0.3) is 0 Å². The number of carbonyl (C=O) groups is 2. The van der Waals surface area contributed by atoms with Gasteiger partial charge in [-0.1, -0.05) is 81.1 Å². The third-order valence-corrected chi connectivity index (χ3v) is 5.56. The zero-order valence-corrected chi connectivity index (χ0v) is 18.5. The van der Waals surface area contributed by atoms with Gasteiger partial charge in [0.1, 0.15) is 5.92 Å². The van der Waals surface area contributed by atoms with Gasteiger partial charge in [-0.2, -0.15) is 0 Å². The first-order valence-corrected chi connectivity index (χ1v) is 10.7. The molecule has 2 rings (SSSR count). The topological polar surface area (TPSA) is 43.4 Å². The van der Waals surface area contributed by atoms with Crippen molar-refractivity contribution < 1.29 is 14.3 Å². The molecule has 0 saturated carbocycles. The van der Waals surface area contributed by atoms with Crippen molar-refractivity contribution in [1.82, 2.24) is 0 Å². The SMILES string of the molecule is CCCCC(CC)COC(=O)C(C(=O)c1c(C)cc(C)cc1C)c1ccccc1. The van der Waals surface area contributed by atoms with Crippen LogP contribution in [0.1, 0.15) is 78.1 Å². The maximum absolute atomic E-state index is 13.5. The standard InChI is InChI=1S/C26H34O3/c1-6-8-12-21(7-2)17-29-26(28)24(22-13-10-9-11-14-22)25(27)23-19(4)15-18(3)16-20(23)5/h9-11,13-16,21,24H,6-8,12,17H2,1-5H3. The Kier molecular flexibility index (Phi) is 8.63. The number of benzene rings is 2. The minimum absolute atomic E-state index is 0.183. The fraction of sp³-hybridized carbons (Fsp3) is 0.462. The second kappa shape index (κ2) is 10.9. The quantitative estimate of drug-likeness (QED) is 0.268. The average Bonchev–Trinajstić information content (AvgIpc) is 2.68. The molecule has 29 heavy (non-hydrogen) atoms. The number of esters is 1. The van der Waals surface area contributed by atoms with Crippen LogP contribution in [0.2, 0.25) is 0 Å². The average molecular weight is 395 g/mol. The summed E-state index contributed by atoms with van der Waals surface area (Å²) in [6.45, 7) is 10.5. The van der Waals surface area contributed by atoms with Crippen LogP contribution in [0.25, 0.3) is 0 Å². The fourth-order valence-corrected chi connectivity index (χ4v) is 3.93. The van der Waals surface area contributed by atoms with E-state index in [-0.39, 0.29) is 5.78 Å². The van der Waals surface area contributed by atoms with Crippen LogP contribution in [-0.2, 0) is 9.53 Å². The molecule has 2 unspecified atom stereocenters. The summed E-state index contributed by atoms with van der Waals surface area (Å²) < 4.78 is 5.70. The highest BCUT2D eigenvalue weighted by atomic mass is 16.5. The fourth-order valence-electron chi connectivity index (χ4n) is 3.93. The van der Waals surface area contributed by atoms with Crippen molar-refractivity contribution in [2.75, 3.05) is 6.61 Å². The largest absolute Gasteiger partial charge is 0.465 e. The molecule has 0 heterocycles. The molecular weight excluding hydrogens is 360 g/mol. The highest BCUT2D eigenvalue weighted by molar-refractivity contribution is 6.14. The van der Waals surface area contributed by atoms with Crippen LogP contribution in [0.5, 0.6) is 0 Å². The Labute approximate surface area is 175 Å². The molecular formula is C26H34O3. The van der Waals surface area contributed by atoms with Gasteiger partial charge < -0.3 is 4.74 Å². The number of unbranched alkanes of at least 4 members (excludes halogenated alkanes) is 1. The minimum Gasteiger partial charge on any atom is -0.465 e. The summed E-state index contributed by atoms with van der Waals surface area (Å²) in [6, 6.07) is 13.2. The van der Waals surface area contributed by atoms with Crippen molar-refractivity contribution >= 4 is 11.8 Å². The zero-order chi connectivity index (χ0) is 21.4. The Hall–Kier alpha value is -2.42. The second-order valence-electron chi connectivity index (χ2n) is 8.03. The van der Waals surface area contributed by atoms with E-state index in [1.807, 2.05) is 63.2 Å². The molecule has 0 aliphatic heterocycles. The van der Waals surface area contributed by atoms with Crippen molar-refractivity contribution in [1.29, 1.82) is 0 Å². The third kappa shape index (κ3) is 6.03. The zero-order valence-electron chi connectivity index (χ0n) is 18.5. The molecule has 0 radical (unpaired) electrons. The number of hydrogen-bond acceptors (Lipinski definition) is 3. The van der Waals surface area contributed by atoms with E-state index in [9.17, 15) is 9.59 Å². The predicted molar refractivity (Wildman–Crippen MR) is 118 cm³/mol. The molecule has 0 aliphatic rings. The van der Waals surface area contributed by atoms with Crippen LogP contribution in [0, 0.1) is 26.7 Å². The van der Waals surface area contributed by atoms with E-state index in [4.69, 9.17) is 4.74 Å². The molecule has 3 heteroatoms. The van der Waals surface area contributed by atoms with Crippen LogP contribution in [-0.4, -0.2) is 18.4 Å². The lowest BCUT2D eigenvalue weighted by molar-refractivity contribution is -0.145. The third-order valence-electron chi connectivity index (χ3n) is 5.56. The van der Waals surface area contributed by atoms with Gasteiger partial charge in [-0.3, -0.25) is 9.59 Å². The molecule has 2 aromatic carbocycles. The molecule has 0 spiro atoms. The second-order valence-corrected chi connectivity index (χ2v) is 8.03. The Morgan fingerprint density at radius 1 is 0.966 bits per heavy atom. The maximum atomic E-state index is 13.5. The van der Waals surface area contributed by atoms with Crippen molar-refractivity contribution in [2.45, 2.75) is 66.2 Å². The van der Waals surface area contributed by atoms with Crippen LogP contribution in [0.4, 0.5) is 0 Å². The van der Waals surface area contributed by atoms with E-state index in [0.717, 1.165) is 42.4 Å².